The Bertz CT molecular complexity index is 457. The molecule has 0 aliphatic heterocycles. The lowest BCUT2D eigenvalue weighted by Crippen LogP contribution is -2.37. The first-order valence-corrected chi connectivity index (χ1v) is 6.20. The number of carbonyl (C=O) groups is 1. The van der Waals surface area contributed by atoms with Crippen molar-refractivity contribution in [3.63, 3.8) is 0 Å². The fourth-order valence-corrected chi connectivity index (χ4v) is 1.74. The largest absolute Gasteiger partial charge is 0.415 e. The van der Waals surface area contributed by atoms with E-state index < -0.39 is 0 Å². The first-order valence-electron chi connectivity index (χ1n) is 6.20. The number of ether oxygens (including phenoxy) is 1. The van der Waals surface area contributed by atoms with E-state index in [1.807, 2.05) is 6.07 Å². The molecular weight excluding hydrogens is 246 g/mol. The van der Waals surface area contributed by atoms with Crippen LogP contribution >= 0.6 is 0 Å². The molecule has 6 nitrogen and oxygen atoms in total. The minimum atomic E-state index is -0.389. The normalized spacial score (nSPS) is 15.1. The van der Waals surface area contributed by atoms with Gasteiger partial charge >= 0.3 is 6.09 Å². The molecule has 0 bridgehead atoms. The molecule has 0 saturated heterocycles. The number of amides is 1. The van der Waals surface area contributed by atoms with Gasteiger partial charge in [0.25, 0.3) is 0 Å². The molecule has 1 amide bonds. The molecule has 0 radical (unpaired) electrons. The molecule has 1 aliphatic carbocycles. The van der Waals surface area contributed by atoms with Gasteiger partial charge in [-0.25, -0.2) is 4.79 Å². The van der Waals surface area contributed by atoms with E-state index in [9.17, 15) is 4.79 Å². The number of amidine groups is 1. The molecular formula is C13H17N3O3. The molecule has 1 fully saturated rings. The number of oxime groups is 1. The molecule has 0 heterocycles. The number of hydrogen-bond donors (Lipinski definition) is 2. The lowest BCUT2D eigenvalue weighted by Gasteiger charge is -2.21. The third kappa shape index (κ3) is 3.87. The summed E-state index contributed by atoms with van der Waals surface area (Å²) in [6.07, 6.45) is 1.89. The third-order valence-corrected chi connectivity index (χ3v) is 2.91. The Labute approximate surface area is 111 Å². The minimum absolute atomic E-state index is 0.109. The van der Waals surface area contributed by atoms with Gasteiger partial charge in [0.15, 0.2) is 0 Å². The van der Waals surface area contributed by atoms with Crippen LogP contribution in [0.3, 0.4) is 0 Å². The standard InChI is InChI=1S/C13H17N3O3/c14-12(15-18)8-9-16(10-6-7-10)13(17)19-11-4-2-1-3-5-11/h1-5,10,18H,6-9H2,(H2,14,15). The number of rotatable bonds is 5. The van der Waals surface area contributed by atoms with E-state index in [2.05, 4.69) is 5.16 Å². The summed E-state index contributed by atoms with van der Waals surface area (Å²) in [6.45, 7) is 0.395. The maximum Gasteiger partial charge on any atom is 0.415 e. The third-order valence-electron chi connectivity index (χ3n) is 2.91. The first-order chi connectivity index (χ1) is 9.20. The summed E-state index contributed by atoms with van der Waals surface area (Å²) >= 11 is 0. The zero-order valence-corrected chi connectivity index (χ0v) is 10.5. The molecule has 0 spiro atoms. The summed E-state index contributed by atoms with van der Waals surface area (Å²) in [5.41, 5.74) is 5.42. The van der Waals surface area contributed by atoms with Crippen LogP contribution in [-0.4, -0.2) is 34.6 Å². The lowest BCUT2D eigenvalue weighted by atomic mass is 10.3. The molecule has 1 aromatic rings. The van der Waals surface area contributed by atoms with Gasteiger partial charge < -0.3 is 20.6 Å². The van der Waals surface area contributed by atoms with Gasteiger partial charge in [0.05, 0.1) is 0 Å². The smallest absolute Gasteiger partial charge is 0.410 e. The van der Waals surface area contributed by atoms with Crippen LogP contribution in [0.15, 0.2) is 35.5 Å². The average Bonchev–Trinajstić information content (AvgIpc) is 3.24. The van der Waals surface area contributed by atoms with E-state index in [4.69, 9.17) is 15.7 Å². The summed E-state index contributed by atoms with van der Waals surface area (Å²) < 4.78 is 5.29. The highest BCUT2D eigenvalue weighted by Crippen LogP contribution is 2.28. The van der Waals surface area contributed by atoms with Crippen LogP contribution < -0.4 is 10.5 Å². The predicted octanol–water partition coefficient (Wildman–Crippen LogP) is 1.79. The van der Waals surface area contributed by atoms with Crippen molar-refractivity contribution in [3.8, 4) is 5.75 Å². The van der Waals surface area contributed by atoms with Crippen LogP contribution in [0.1, 0.15) is 19.3 Å². The summed E-state index contributed by atoms with van der Waals surface area (Å²) in [5.74, 6) is 0.625. The van der Waals surface area contributed by atoms with E-state index in [1.54, 1.807) is 29.2 Å². The van der Waals surface area contributed by atoms with Crippen molar-refractivity contribution >= 4 is 11.9 Å². The topological polar surface area (TPSA) is 88.2 Å². The molecule has 3 N–H and O–H groups in total. The highest BCUT2D eigenvalue weighted by Gasteiger charge is 2.33. The molecule has 1 aliphatic rings. The van der Waals surface area contributed by atoms with E-state index in [0.717, 1.165) is 12.8 Å². The number of carbonyl (C=O) groups excluding carboxylic acids is 1. The zero-order valence-electron chi connectivity index (χ0n) is 10.5. The molecule has 0 aromatic heterocycles. The Balaban J connectivity index is 1.93. The second-order valence-electron chi connectivity index (χ2n) is 4.45. The molecule has 6 heteroatoms. The van der Waals surface area contributed by atoms with Crippen LogP contribution in [0.25, 0.3) is 0 Å². The van der Waals surface area contributed by atoms with Crippen LogP contribution in [0.5, 0.6) is 5.75 Å². The molecule has 1 aromatic carbocycles. The van der Waals surface area contributed by atoms with Gasteiger partial charge in [0.1, 0.15) is 11.6 Å². The van der Waals surface area contributed by atoms with Crippen molar-refractivity contribution in [2.24, 2.45) is 10.9 Å². The second-order valence-corrected chi connectivity index (χ2v) is 4.45. The van der Waals surface area contributed by atoms with Crippen LogP contribution in [-0.2, 0) is 0 Å². The fourth-order valence-electron chi connectivity index (χ4n) is 1.74. The van der Waals surface area contributed by atoms with Gasteiger partial charge in [-0.05, 0) is 25.0 Å². The summed E-state index contributed by atoms with van der Waals surface area (Å²) in [4.78, 5) is 13.7. The highest BCUT2D eigenvalue weighted by molar-refractivity contribution is 5.80. The van der Waals surface area contributed by atoms with Gasteiger partial charge in [-0.3, -0.25) is 0 Å². The highest BCUT2D eigenvalue weighted by atomic mass is 16.6. The van der Waals surface area contributed by atoms with Crippen molar-refractivity contribution < 1.29 is 14.7 Å². The maximum absolute atomic E-state index is 12.1. The van der Waals surface area contributed by atoms with Crippen molar-refractivity contribution in [2.45, 2.75) is 25.3 Å². The number of nitrogens with two attached hydrogens (primary N) is 1. The van der Waals surface area contributed by atoms with E-state index in [0.29, 0.717) is 18.7 Å². The Kier molecular flexibility index (Phi) is 4.22. The van der Waals surface area contributed by atoms with Crippen molar-refractivity contribution in [2.75, 3.05) is 6.54 Å². The quantitative estimate of drug-likeness (QED) is 0.367. The number of nitrogens with zero attached hydrogens (tertiary/aromatic N) is 2. The van der Waals surface area contributed by atoms with Crippen molar-refractivity contribution in [1.82, 2.24) is 4.90 Å². The molecule has 19 heavy (non-hydrogen) atoms. The molecule has 102 valence electrons. The zero-order chi connectivity index (χ0) is 13.7. The minimum Gasteiger partial charge on any atom is -0.410 e. The van der Waals surface area contributed by atoms with E-state index >= 15 is 0 Å². The van der Waals surface area contributed by atoms with Crippen molar-refractivity contribution in [3.05, 3.63) is 30.3 Å². The second kappa shape index (κ2) is 6.08. The molecule has 1 saturated carbocycles. The summed E-state index contributed by atoms with van der Waals surface area (Å²) in [6, 6.07) is 9.14. The van der Waals surface area contributed by atoms with Gasteiger partial charge in [0.2, 0.25) is 0 Å². The Morgan fingerprint density at radius 2 is 2.11 bits per heavy atom. The van der Waals surface area contributed by atoms with Crippen LogP contribution in [0.2, 0.25) is 0 Å². The van der Waals surface area contributed by atoms with Crippen LogP contribution in [0, 0.1) is 0 Å². The lowest BCUT2D eigenvalue weighted by molar-refractivity contribution is 0.150. The number of benzene rings is 1. The Morgan fingerprint density at radius 3 is 2.68 bits per heavy atom. The number of hydrogen-bond acceptors (Lipinski definition) is 4. The Hall–Kier alpha value is -2.24. The summed E-state index contributed by atoms with van der Waals surface area (Å²) in [7, 11) is 0. The van der Waals surface area contributed by atoms with Crippen LogP contribution in [0.4, 0.5) is 4.79 Å². The van der Waals surface area contributed by atoms with Gasteiger partial charge in [0, 0.05) is 19.0 Å². The Morgan fingerprint density at radius 1 is 1.42 bits per heavy atom. The predicted molar refractivity (Wildman–Crippen MR) is 70.2 cm³/mol. The van der Waals surface area contributed by atoms with Gasteiger partial charge in [-0.1, -0.05) is 23.4 Å². The first kappa shape index (κ1) is 13.2. The van der Waals surface area contributed by atoms with Gasteiger partial charge in [-0.15, -0.1) is 0 Å². The van der Waals surface area contributed by atoms with Crippen molar-refractivity contribution in [1.29, 1.82) is 0 Å². The average molecular weight is 263 g/mol. The van der Waals surface area contributed by atoms with E-state index in [-0.39, 0.29) is 18.0 Å². The SMILES string of the molecule is NC(CCN(C(=O)Oc1ccccc1)C1CC1)=NO. The molecule has 0 unspecified atom stereocenters. The monoisotopic (exact) mass is 263 g/mol. The van der Waals surface area contributed by atoms with E-state index in [1.165, 1.54) is 0 Å². The molecule has 2 rings (SSSR count). The summed E-state index contributed by atoms with van der Waals surface area (Å²) in [5, 5.41) is 11.4. The fraction of sp³-hybridized carbons (Fsp3) is 0.385. The molecule has 0 atom stereocenters. The number of para-hydroxylation sites is 1. The van der Waals surface area contributed by atoms with Gasteiger partial charge in [-0.2, -0.15) is 0 Å². The maximum atomic E-state index is 12.1.